The van der Waals surface area contributed by atoms with Crippen LogP contribution < -0.4 is 0 Å². The van der Waals surface area contributed by atoms with Gasteiger partial charge in [-0.05, 0) is 30.7 Å². The Hall–Kier alpha value is -0.540. The van der Waals surface area contributed by atoms with Crippen LogP contribution in [-0.2, 0) is 0 Å². The second kappa shape index (κ2) is 3.07. The highest BCUT2D eigenvalue weighted by Crippen LogP contribution is 2.57. The minimum Gasteiger partial charge on any atom is -0.508 e. The largest absolute Gasteiger partial charge is 0.508 e. The van der Waals surface area contributed by atoms with E-state index in [4.69, 9.17) is 15.8 Å². The van der Waals surface area contributed by atoms with Gasteiger partial charge in [0, 0.05) is 4.90 Å². The molecule has 0 aliphatic rings. The van der Waals surface area contributed by atoms with Crippen molar-refractivity contribution in [3.63, 3.8) is 0 Å². The van der Waals surface area contributed by atoms with Gasteiger partial charge in [0.05, 0.1) is 0 Å². The van der Waals surface area contributed by atoms with Gasteiger partial charge in [0.15, 0.2) is 0 Å². The topological polar surface area (TPSA) is 40.5 Å². The maximum absolute atomic E-state index is 9.40. The summed E-state index contributed by atoms with van der Waals surface area (Å²) >= 11 is 0. The lowest BCUT2D eigenvalue weighted by Crippen LogP contribution is -1.87. The van der Waals surface area contributed by atoms with Crippen LogP contribution in [0, 0.1) is 0 Å². The monoisotopic (exact) mass is 206 g/mol. The summed E-state index contributed by atoms with van der Waals surface area (Å²) in [4.78, 5) is 0.615. The van der Waals surface area contributed by atoms with E-state index >= 15 is 0 Å². The van der Waals surface area contributed by atoms with Crippen molar-refractivity contribution in [1.29, 1.82) is 0 Å². The average Bonchev–Trinajstić information content (AvgIpc) is 1.92. The predicted molar refractivity (Wildman–Crippen MR) is 53.3 cm³/mol. The molecule has 12 heavy (non-hydrogen) atoms. The highest BCUT2D eigenvalue weighted by Gasteiger charge is 2.15. The number of aromatic hydroxyl groups is 2. The first-order valence-electron chi connectivity index (χ1n) is 3.36. The van der Waals surface area contributed by atoms with Crippen molar-refractivity contribution in [2.75, 3.05) is 12.5 Å². The van der Waals surface area contributed by atoms with Crippen LogP contribution in [0.5, 0.6) is 11.5 Å². The summed E-state index contributed by atoms with van der Waals surface area (Å²) in [5.41, 5.74) is 0. The van der Waals surface area contributed by atoms with Gasteiger partial charge in [0.1, 0.15) is 11.5 Å². The molecule has 2 N–H and O–H groups in total. The number of phenolic OH excluding ortho intramolecular Hbond substituents is 2. The maximum Gasteiger partial charge on any atom is 0.128 e. The first-order valence-corrected chi connectivity index (χ1v) is 6.64. The molecular weight excluding hydrogens is 196 g/mol. The molecule has 0 aromatic heterocycles. The summed E-state index contributed by atoms with van der Waals surface area (Å²) in [7, 11) is 4.55. The third-order valence-electron chi connectivity index (χ3n) is 1.47. The van der Waals surface area contributed by atoms with Crippen molar-refractivity contribution < 1.29 is 10.2 Å². The first kappa shape index (κ1) is 9.55. The van der Waals surface area contributed by atoms with Crippen molar-refractivity contribution in [3.8, 4) is 11.5 Å². The zero-order valence-corrected chi connectivity index (χ0v) is 8.49. The molecule has 0 aliphatic heterocycles. The normalized spacial score (nSPS) is 12.9. The molecule has 0 fully saturated rings. The van der Waals surface area contributed by atoms with Crippen molar-refractivity contribution in [1.82, 2.24) is 0 Å². The smallest absolute Gasteiger partial charge is 0.128 e. The van der Waals surface area contributed by atoms with E-state index in [2.05, 4.69) is 0 Å². The lowest BCUT2D eigenvalue weighted by atomic mass is 10.3. The summed E-state index contributed by atoms with van der Waals surface area (Å²) in [6, 6.07) is 4.38. The van der Waals surface area contributed by atoms with Crippen LogP contribution in [0.4, 0.5) is 0 Å². The number of hydrogen-bond acceptors (Lipinski definition) is 2. The SMILES string of the molecule is CS(C)(Cl)c1cc(O)ccc1O. The molecule has 1 aromatic carbocycles. The van der Waals surface area contributed by atoms with Crippen molar-refractivity contribution in [2.24, 2.45) is 0 Å². The van der Waals surface area contributed by atoms with Gasteiger partial charge < -0.3 is 10.2 Å². The van der Waals surface area contributed by atoms with Gasteiger partial charge in [-0.1, -0.05) is 10.7 Å². The third kappa shape index (κ3) is 1.99. The van der Waals surface area contributed by atoms with Gasteiger partial charge in [0.25, 0.3) is 0 Å². The Kier molecular flexibility index (Phi) is 2.44. The molecule has 1 aromatic rings. The van der Waals surface area contributed by atoms with E-state index in [-0.39, 0.29) is 11.5 Å². The lowest BCUT2D eigenvalue weighted by molar-refractivity contribution is 0.448. The van der Waals surface area contributed by atoms with Crippen molar-refractivity contribution in [2.45, 2.75) is 4.90 Å². The van der Waals surface area contributed by atoms with Crippen LogP contribution in [0.25, 0.3) is 0 Å². The average molecular weight is 207 g/mol. The Balaban J connectivity index is 3.23. The van der Waals surface area contributed by atoms with Gasteiger partial charge in [-0.25, -0.2) is 0 Å². The fourth-order valence-electron chi connectivity index (χ4n) is 0.892. The van der Waals surface area contributed by atoms with Crippen LogP contribution in [-0.4, -0.2) is 22.7 Å². The Labute approximate surface area is 77.6 Å². The number of rotatable bonds is 1. The fraction of sp³-hybridized carbons (Fsp3) is 0.250. The summed E-state index contributed by atoms with van der Waals surface area (Å²) in [5.74, 6) is 0.270. The van der Waals surface area contributed by atoms with Crippen LogP contribution in [0.15, 0.2) is 23.1 Å². The van der Waals surface area contributed by atoms with Gasteiger partial charge in [-0.2, -0.15) is 0 Å². The molecule has 4 heteroatoms. The lowest BCUT2D eigenvalue weighted by Gasteiger charge is -2.23. The standard InChI is InChI=1S/C8H11ClO2S/c1-12(2,9)8-5-6(10)3-4-7(8)11/h3-5,10-11H,1-2H3. The number of phenols is 2. The van der Waals surface area contributed by atoms with Crippen LogP contribution >= 0.6 is 19.9 Å². The van der Waals surface area contributed by atoms with Crippen molar-refractivity contribution >= 4 is 19.9 Å². The van der Waals surface area contributed by atoms with E-state index in [1.165, 1.54) is 18.2 Å². The third-order valence-corrected chi connectivity index (χ3v) is 3.34. The molecule has 0 saturated carbocycles. The molecule has 0 unspecified atom stereocenters. The van der Waals surface area contributed by atoms with Gasteiger partial charge in [0.2, 0.25) is 0 Å². The fourth-order valence-corrected chi connectivity index (χ4v) is 2.23. The zero-order chi connectivity index (χ0) is 9.35. The number of benzene rings is 1. The molecule has 2 nitrogen and oxygen atoms in total. The van der Waals surface area contributed by atoms with Gasteiger partial charge in [-0.3, -0.25) is 0 Å². The van der Waals surface area contributed by atoms with Crippen LogP contribution in [0.2, 0.25) is 0 Å². The molecule has 68 valence electrons. The molecule has 0 spiro atoms. The maximum atomic E-state index is 9.40. The van der Waals surface area contributed by atoms with E-state index in [0.717, 1.165) is 0 Å². The van der Waals surface area contributed by atoms with Crippen molar-refractivity contribution in [3.05, 3.63) is 18.2 Å². The van der Waals surface area contributed by atoms with E-state index < -0.39 is 9.24 Å². The molecule has 0 heterocycles. The van der Waals surface area contributed by atoms with E-state index in [9.17, 15) is 5.11 Å². The molecule has 0 amide bonds. The molecule has 0 atom stereocenters. The highest BCUT2D eigenvalue weighted by atomic mass is 35.7. The summed E-state index contributed by atoms with van der Waals surface area (Å²) < 4.78 is 0. The molecule has 0 radical (unpaired) electrons. The molecule has 1 rings (SSSR count). The molecular formula is C8H11ClO2S. The van der Waals surface area contributed by atoms with Crippen LogP contribution in [0.3, 0.4) is 0 Å². The summed E-state index contributed by atoms with van der Waals surface area (Å²) in [5, 5.41) is 18.5. The number of halogens is 1. The second-order valence-corrected chi connectivity index (χ2v) is 8.01. The van der Waals surface area contributed by atoms with Crippen LogP contribution in [0.1, 0.15) is 0 Å². The van der Waals surface area contributed by atoms with Gasteiger partial charge >= 0.3 is 0 Å². The number of hydrogen-bond donors (Lipinski definition) is 2. The Morgan fingerprint density at radius 3 is 2.25 bits per heavy atom. The van der Waals surface area contributed by atoms with E-state index in [1.54, 1.807) is 0 Å². The second-order valence-electron chi connectivity index (χ2n) is 2.85. The zero-order valence-electron chi connectivity index (χ0n) is 6.91. The minimum absolute atomic E-state index is 0.129. The quantitative estimate of drug-likeness (QED) is 0.694. The van der Waals surface area contributed by atoms with E-state index in [0.29, 0.717) is 4.90 Å². The Bertz CT molecular complexity index is 294. The summed E-state index contributed by atoms with van der Waals surface area (Å²) in [6.45, 7) is 0. The van der Waals surface area contributed by atoms with E-state index in [1.807, 2.05) is 12.5 Å². The molecule has 0 aliphatic carbocycles. The molecule has 0 bridgehead atoms. The highest BCUT2D eigenvalue weighted by molar-refractivity contribution is 8.50. The molecule has 0 saturated heterocycles. The van der Waals surface area contributed by atoms with Gasteiger partial charge in [-0.15, -0.1) is 9.24 Å². The predicted octanol–water partition coefficient (Wildman–Crippen LogP) is 2.67. The first-order chi connectivity index (χ1) is 5.41. The minimum atomic E-state index is -1.49. The Morgan fingerprint density at radius 2 is 1.83 bits per heavy atom. The summed E-state index contributed by atoms with van der Waals surface area (Å²) in [6.07, 6.45) is 3.67. The Morgan fingerprint density at radius 1 is 1.25 bits per heavy atom.